The second kappa shape index (κ2) is 11.0. The number of nitrogens with zero attached hydrogens (tertiary/aromatic N) is 3. The van der Waals surface area contributed by atoms with Crippen molar-refractivity contribution in [3.05, 3.63) is 105 Å². The fourth-order valence-electron chi connectivity index (χ4n) is 5.80. The van der Waals surface area contributed by atoms with Crippen LogP contribution >= 0.6 is 15.9 Å². The Balaban J connectivity index is 1.26. The first-order chi connectivity index (χ1) is 19.0. The van der Waals surface area contributed by atoms with Gasteiger partial charge in [0.05, 0.1) is 0 Å². The number of halogens is 1. The molecule has 1 aliphatic heterocycles. The van der Waals surface area contributed by atoms with Gasteiger partial charge in [-0.2, -0.15) is 0 Å². The molecular formula is C31H34BrN5O2. The van der Waals surface area contributed by atoms with Gasteiger partial charge in [-0.15, -0.1) is 0 Å². The van der Waals surface area contributed by atoms with E-state index in [0.29, 0.717) is 13.1 Å². The summed E-state index contributed by atoms with van der Waals surface area (Å²) in [6, 6.07) is 20.6. The van der Waals surface area contributed by atoms with Crippen molar-refractivity contribution in [2.45, 2.75) is 50.4 Å². The van der Waals surface area contributed by atoms with E-state index in [4.69, 9.17) is 0 Å². The van der Waals surface area contributed by atoms with Gasteiger partial charge >= 0.3 is 6.03 Å². The molecule has 2 aromatic carbocycles. The third-order valence-electron chi connectivity index (χ3n) is 8.07. The molecule has 0 bridgehead atoms. The molecule has 2 amide bonds. The van der Waals surface area contributed by atoms with Crippen LogP contribution in [0.3, 0.4) is 0 Å². The summed E-state index contributed by atoms with van der Waals surface area (Å²) < 4.78 is 4.91. The van der Waals surface area contributed by atoms with Gasteiger partial charge in [0, 0.05) is 78.5 Å². The van der Waals surface area contributed by atoms with Gasteiger partial charge < -0.3 is 24.7 Å². The van der Waals surface area contributed by atoms with E-state index in [1.54, 1.807) is 17.7 Å². The van der Waals surface area contributed by atoms with Crippen molar-refractivity contribution in [1.29, 1.82) is 0 Å². The molecule has 2 atom stereocenters. The van der Waals surface area contributed by atoms with E-state index >= 15 is 0 Å². The molecule has 1 aliphatic carbocycles. The Bertz CT molecular complexity index is 1540. The van der Waals surface area contributed by atoms with Crippen LogP contribution in [-0.2, 0) is 20.1 Å². The van der Waals surface area contributed by atoms with Crippen molar-refractivity contribution in [1.82, 2.24) is 24.7 Å². The number of hydrogen-bond acceptors (Lipinski definition) is 3. The van der Waals surface area contributed by atoms with Gasteiger partial charge in [0.2, 0.25) is 0 Å². The molecule has 8 heteroatoms. The predicted octanol–water partition coefficient (Wildman–Crippen LogP) is 4.97. The van der Waals surface area contributed by atoms with Crippen molar-refractivity contribution in [2.24, 2.45) is 7.05 Å². The maximum Gasteiger partial charge on any atom is 0.318 e. The summed E-state index contributed by atoms with van der Waals surface area (Å²) in [5.41, 5.74) is 4.51. The minimum absolute atomic E-state index is 0.0202. The van der Waals surface area contributed by atoms with E-state index in [1.807, 2.05) is 23.2 Å². The van der Waals surface area contributed by atoms with Crippen molar-refractivity contribution in [3.8, 4) is 0 Å². The van der Waals surface area contributed by atoms with Crippen molar-refractivity contribution < 1.29 is 4.79 Å². The second-order valence-electron chi connectivity index (χ2n) is 10.8. The smallest absolute Gasteiger partial charge is 0.318 e. The molecule has 202 valence electrons. The van der Waals surface area contributed by atoms with Crippen LogP contribution in [0.4, 0.5) is 4.79 Å². The Kier molecular flexibility index (Phi) is 7.32. The minimum atomic E-state index is -0.0780. The topological polar surface area (TPSA) is 71.3 Å². The highest BCUT2D eigenvalue weighted by Crippen LogP contribution is 2.34. The van der Waals surface area contributed by atoms with Crippen LogP contribution in [0.15, 0.2) is 82.3 Å². The molecule has 4 aromatic rings. The number of urea groups is 1. The SMILES string of the molecule is Cn1ccc([C@@H]2CCNC[C@H]2NC(=O)N(Cc2cn(Cc3ccccc3)c3cccc(Br)c23)C2CC2)cc1=O. The average Bonchev–Trinajstić information content (AvgIpc) is 3.72. The highest BCUT2D eigenvalue weighted by molar-refractivity contribution is 9.10. The molecule has 0 radical (unpaired) electrons. The maximum absolute atomic E-state index is 13.8. The number of nitrogens with one attached hydrogen (secondary N) is 2. The summed E-state index contributed by atoms with van der Waals surface area (Å²) in [6.45, 7) is 2.88. The van der Waals surface area contributed by atoms with Crippen molar-refractivity contribution in [2.75, 3.05) is 13.1 Å². The molecule has 0 unspecified atom stereocenters. The zero-order valence-corrected chi connectivity index (χ0v) is 23.7. The molecular weight excluding hydrogens is 554 g/mol. The fraction of sp³-hybridized carbons (Fsp3) is 0.355. The molecule has 2 fully saturated rings. The Morgan fingerprint density at radius 1 is 1.10 bits per heavy atom. The van der Waals surface area contributed by atoms with Crippen molar-refractivity contribution >= 4 is 32.9 Å². The van der Waals surface area contributed by atoms with E-state index < -0.39 is 0 Å². The van der Waals surface area contributed by atoms with Gasteiger partial charge in [-0.25, -0.2) is 4.79 Å². The number of benzene rings is 2. The van der Waals surface area contributed by atoms with Gasteiger partial charge in [-0.05, 0) is 60.7 Å². The lowest BCUT2D eigenvalue weighted by Gasteiger charge is -2.35. The predicted molar refractivity (Wildman–Crippen MR) is 158 cm³/mol. The van der Waals surface area contributed by atoms with Gasteiger partial charge in [0.15, 0.2) is 0 Å². The highest BCUT2D eigenvalue weighted by Gasteiger charge is 2.36. The van der Waals surface area contributed by atoms with Crippen LogP contribution in [0.2, 0.25) is 0 Å². The van der Waals surface area contributed by atoms with Crippen LogP contribution in [0.5, 0.6) is 0 Å². The van der Waals surface area contributed by atoms with Gasteiger partial charge in [-0.3, -0.25) is 4.79 Å². The number of piperidine rings is 1. The quantitative estimate of drug-likeness (QED) is 0.321. The van der Waals surface area contributed by atoms with Gasteiger partial charge in [-0.1, -0.05) is 52.3 Å². The highest BCUT2D eigenvalue weighted by atomic mass is 79.9. The Hall–Kier alpha value is -3.36. The Morgan fingerprint density at radius 3 is 2.69 bits per heavy atom. The molecule has 1 saturated carbocycles. The van der Waals surface area contributed by atoms with E-state index in [2.05, 4.69) is 79.8 Å². The first-order valence-electron chi connectivity index (χ1n) is 13.7. The number of pyridine rings is 1. The van der Waals surface area contributed by atoms with Crippen LogP contribution in [-0.4, -0.2) is 45.2 Å². The molecule has 1 saturated heterocycles. The molecule has 39 heavy (non-hydrogen) atoms. The van der Waals surface area contributed by atoms with Crippen LogP contribution < -0.4 is 16.2 Å². The first kappa shape index (κ1) is 25.9. The summed E-state index contributed by atoms with van der Waals surface area (Å²) in [7, 11) is 1.76. The number of amides is 2. The average molecular weight is 589 g/mol. The standard InChI is InChI=1S/C31H34BrN5O2/c1-35-15-13-22(16-29(35)38)25-12-14-33-17-27(25)34-31(39)37(24-10-11-24)20-23-19-36(18-21-6-3-2-4-7-21)28-9-5-8-26(32)30(23)28/h2-9,13,15-16,19,24-25,27,33H,10-12,14,17-18,20H2,1H3,(H,34,39)/t25-,27+/m0/s1. The maximum atomic E-state index is 13.8. The Labute approximate surface area is 236 Å². The summed E-state index contributed by atoms with van der Waals surface area (Å²) in [4.78, 5) is 28.1. The number of aromatic nitrogens is 2. The normalized spacial score (nSPS) is 19.2. The van der Waals surface area contributed by atoms with Crippen LogP contribution in [0, 0.1) is 0 Å². The number of carbonyl (C=O) groups is 1. The number of rotatable bonds is 7. The molecule has 2 aromatic heterocycles. The number of hydrogen-bond donors (Lipinski definition) is 2. The molecule has 0 spiro atoms. The first-order valence-corrected chi connectivity index (χ1v) is 14.5. The monoisotopic (exact) mass is 587 g/mol. The van der Waals surface area contributed by atoms with Gasteiger partial charge in [0.1, 0.15) is 0 Å². The van der Waals surface area contributed by atoms with Crippen molar-refractivity contribution in [3.63, 3.8) is 0 Å². The zero-order chi connectivity index (χ0) is 26.9. The third kappa shape index (κ3) is 5.54. The number of fused-ring (bicyclic) bond motifs is 1. The Morgan fingerprint density at radius 2 is 1.92 bits per heavy atom. The summed E-state index contributed by atoms with van der Waals surface area (Å²) >= 11 is 3.78. The van der Waals surface area contributed by atoms with E-state index in [1.165, 1.54) is 5.56 Å². The second-order valence-corrected chi connectivity index (χ2v) is 11.7. The number of aryl methyl sites for hydroxylation is 1. The molecule has 6 rings (SSSR count). The summed E-state index contributed by atoms with van der Waals surface area (Å²) in [5, 5.41) is 7.94. The largest absolute Gasteiger partial charge is 0.343 e. The summed E-state index contributed by atoms with van der Waals surface area (Å²) in [6.07, 6.45) is 6.95. The lowest BCUT2D eigenvalue weighted by Crippen LogP contribution is -2.53. The molecule has 2 aliphatic rings. The van der Waals surface area contributed by atoms with Crippen LogP contribution in [0.25, 0.3) is 10.9 Å². The van der Waals surface area contributed by atoms with Crippen LogP contribution in [0.1, 0.15) is 41.9 Å². The number of carbonyl (C=O) groups excluding carboxylic acids is 1. The summed E-state index contributed by atoms with van der Waals surface area (Å²) in [5.74, 6) is 0.104. The van der Waals surface area contributed by atoms with E-state index in [0.717, 1.165) is 58.9 Å². The lowest BCUT2D eigenvalue weighted by atomic mass is 9.86. The van der Waals surface area contributed by atoms with E-state index in [9.17, 15) is 9.59 Å². The van der Waals surface area contributed by atoms with E-state index in [-0.39, 0.29) is 29.6 Å². The van der Waals surface area contributed by atoms with Gasteiger partial charge in [0.25, 0.3) is 5.56 Å². The fourth-order valence-corrected chi connectivity index (χ4v) is 6.41. The molecule has 2 N–H and O–H groups in total. The molecule has 3 heterocycles. The molecule has 7 nitrogen and oxygen atoms in total. The lowest BCUT2D eigenvalue weighted by molar-refractivity contribution is 0.183. The minimum Gasteiger partial charge on any atom is -0.343 e. The third-order valence-corrected chi connectivity index (χ3v) is 8.73. The zero-order valence-electron chi connectivity index (χ0n) is 22.1.